The molecule has 1 N–H and O–H groups in total. The van der Waals surface area contributed by atoms with Gasteiger partial charge in [0.25, 0.3) is 0 Å². The van der Waals surface area contributed by atoms with Crippen molar-refractivity contribution in [2.45, 2.75) is 12.5 Å². The second kappa shape index (κ2) is 8.08. The third-order valence-electron chi connectivity index (χ3n) is 4.83. The highest BCUT2D eigenvalue weighted by atomic mass is 16.2. The number of hydrazone groups is 1. The predicted octanol–water partition coefficient (Wildman–Crippen LogP) is 3.49. The molecule has 0 radical (unpaired) electrons. The maximum Gasteiger partial charge on any atom is 0.342 e. The minimum atomic E-state index is -0.307. The number of imidazole rings is 1. The van der Waals surface area contributed by atoms with Crippen molar-refractivity contribution in [2.24, 2.45) is 5.10 Å². The number of nitrogens with one attached hydrogen (secondary N) is 1. The molecule has 2 amide bonds. The van der Waals surface area contributed by atoms with E-state index in [-0.39, 0.29) is 12.1 Å². The summed E-state index contributed by atoms with van der Waals surface area (Å²) in [5, 5.41) is 12.8. The first kappa shape index (κ1) is 18.5. The van der Waals surface area contributed by atoms with E-state index in [0.717, 1.165) is 11.2 Å². The Morgan fingerprint density at radius 1 is 1.03 bits per heavy atom. The number of anilines is 1. The van der Waals surface area contributed by atoms with E-state index in [4.69, 9.17) is 0 Å². The van der Waals surface area contributed by atoms with Crippen LogP contribution < -0.4 is 5.32 Å². The zero-order valence-electron chi connectivity index (χ0n) is 16.4. The summed E-state index contributed by atoms with van der Waals surface area (Å²) >= 11 is 0. The van der Waals surface area contributed by atoms with Gasteiger partial charge in [-0.3, -0.25) is 0 Å². The first-order valence-corrected chi connectivity index (χ1v) is 9.72. The van der Waals surface area contributed by atoms with E-state index in [1.165, 1.54) is 5.01 Å². The summed E-state index contributed by atoms with van der Waals surface area (Å²) < 4.78 is 1.66. The van der Waals surface area contributed by atoms with Gasteiger partial charge in [0, 0.05) is 30.7 Å². The second-order valence-electron chi connectivity index (χ2n) is 6.85. The number of nitrogens with zero attached hydrogens (tertiary/aromatic N) is 6. The first-order valence-electron chi connectivity index (χ1n) is 9.72. The van der Waals surface area contributed by atoms with Gasteiger partial charge < -0.3 is 5.32 Å². The lowest BCUT2D eigenvalue weighted by molar-refractivity contribution is 0.200. The Balaban J connectivity index is 1.33. The van der Waals surface area contributed by atoms with E-state index >= 15 is 0 Å². The van der Waals surface area contributed by atoms with Gasteiger partial charge in [-0.25, -0.2) is 24.3 Å². The molecule has 0 saturated heterocycles. The number of urea groups is 1. The van der Waals surface area contributed by atoms with Crippen molar-refractivity contribution in [3.8, 4) is 11.8 Å². The summed E-state index contributed by atoms with van der Waals surface area (Å²) in [6.07, 6.45) is 7.38. The second-order valence-corrected chi connectivity index (χ2v) is 6.85. The van der Waals surface area contributed by atoms with E-state index in [1.54, 1.807) is 41.5 Å². The molecule has 150 valence electrons. The molecule has 8 nitrogen and oxygen atoms in total. The highest BCUT2D eigenvalue weighted by Crippen LogP contribution is 2.28. The molecule has 1 aromatic carbocycles. The Bertz CT molecular complexity index is 1330. The molecule has 4 heterocycles. The maximum absolute atomic E-state index is 12.8. The van der Waals surface area contributed by atoms with Crippen LogP contribution in [-0.4, -0.2) is 36.8 Å². The van der Waals surface area contributed by atoms with Gasteiger partial charge in [-0.1, -0.05) is 30.3 Å². The van der Waals surface area contributed by atoms with Crippen molar-refractivity contribution in [3.63, 3.8) is 0 Å². The molecule has 8 heteroatoms. The van der Waals surface area contributed by atoms with Crippen molar-refractivity contribution < 1.29 is 4.79 Å². The van der Waals surface area contributed by atoms with Crippen LogP contribution in [0, 0.1) is 11.8 Å². The van der Waals surface area contributed by atoms with Gasteiger partial charge >= 0.3 is 6.03 Å². The van der Waals surface area contributed by atoms with Gasteiger partial charge in [0.1, 0.15) is 11.4 Å². The molecule has 3 aromatic heterocycles. The van der Waals surface area contributed by atoms with Gasteiger partial charge in [-0.05, 0) is 41.7 Å². The van der Waals surface area contributed by atoms with Crippen LogP contribution in [0.25, 0.3) is 5.65 Å². The van der Waals surface area contributed by atoms with E-state index in [2.05, 4.69) is 37.3 Å². The number of hydrogen-bond donors (Lipinski definition) is 1. The van der Waals surface area contributed by atoms with E-state index < -0.39 is 0 Å². The molecule has 31 heavy (non-hydrogen) atoms. The normalized spacial score (nSPS) is 15.0. The number of carbonyl (C=O) groups excluding carboxylic acids is 1. The highest BCUT2D eigenvalue weighted by Gasteiger charge is 2.28. The highest BCUT2D eigenvalue weighted by molar-refractivity contribution is 5.91. The van der Waals surface area contributed by atoms with Gasteiger partial charge in [-0.15, -0.1) is 0 Å². The summed E-state index contributed by atoms with van der Waals surface area (Å²) in [5.74, 6) is 6.03. The van der Waals surface area contributed by atoms with Crippen LogP contribution in [0.4, 0.5) is 10.5 Å². The molecule has 0 fully saturated rings. The number of hydrogen-bond acceptors (Lipinski definition) is 5. The van der Waals surface area contributed by atoms with Crippen LogP contribution in [0.2, 0.25) is 0 Å². The molecule has 1 atom stereocenters. The lowest BCUT2D eigenvalue weighted by Gasteiger charge is -2.22. The molecule has 1 aliphatic heterocycles. The summed E-state index contributed by atoms with van der Waals surface area (Å²) in [5.41, 5.74) is 3.53. The maximum atomic E-state index is 12.8. The van der Waals surface area contributed by atoms with Crippen LogP contribution in [0.3, 0.4) is 0 Å². The van der Waals surface area contributed by atoms with Crippen LogP contribution in [0.5, 0.6) is 0 Å². The van der Waals surface area contributed by atoms with E-state index in [9.17, 15) is 4.79 Å². The zero-order valence-corrected chi connectivity index (χ0v) is 16.4. The molecular formula is C23H17N7O. The van der Waals surface area contributed by atoms with Crippen molar-refractivity contribution in [3.05, 3.63) is 90.1 Å². The Morgan fingerprint density at radius 2 is 1.94 bits per heavy atom. The molecule has 0 spiro atoms. The van der Waals surface area contributed by atoms with Gasteiger partial charge in [0.2, 0.25) is 0 Å². The van der Waals surface area contributed by atoms with Gasteiger partial charge in [-0.2, -0.15) is 10.2 Å². The number of pyridine rings is 1. The predicted molar refractivity (Wildman–Crippen MR) is 116 cm³/mol. The Morgan fingerprint density at radius 3 is 2.84 bits per heavy atom. The van der Waals surface area contributed by atoms with Crippen molar-refractivity contribution in [2.75, 3.05) is 5.32 Å². The summed E-state index contributed by atoms with van der Waals surface area (Å²) in [4.78, 5) is 21.4. The monoisotopic (exact) mass is 407 g/mol. The van der Waals surface area contributed by atoms with Crippen LogP contribution >= 0.6 is 0 Å². The largest absolute Gasteiger partial charge is 0.342 e. The average Bonchev–Trinajstić information content (AvgIpc) is 3.46. The standard InChI is InChI=1S/C23H17N7O/c31-23(30-21(11-14-27-30)17-5-2-1-3-6-17)28-19-10-13-24-18(15-19)8-9-20-16-25-22-7-4-12-26-29(20)22/h1-7,10,12-16,21H,11H2,(H,24,28,31). The fraction of sp³-hybridized carbons (Fsp3) is 0.0870. The van der Waals surface area contributed by atoms with Gasteiger partial charge in [0.15, 0.2) is 5.65 Å². The number of fused-ring (bicyclic) bond motifs is 1. The summed E-state index contributed by atoms with van der Waals surface area (Å²) in [6.45, 7) is 0. The molecule has 1 unspecified atom stereocenters. The van der Waals surface area contributed by atoms with E-state index in [1.807, 2.05) is 42.5 Å². The third kappa shape index (κ3) is 3.84. The molecule has 0 bridgehead atoms. The molecule has 0 saturated carbocycles. The van der Waals surface area contributed by atoms with E-state index in [0.29, 0.717) is 23.5 Å². The lowest BCUT2D eigenvalue weighted by atomic mass is 10.1. The fourth-order valence-corrected chi connectivity index (χ4v) is 3.36. The van der Waals surface area contributed by atoms with Crippen LogP contribution in [0.1, 0.15) is 29.4 Å². The number of benzene rings is 1. The first-order chi connectivity index (χ1) is 15.3. The van der Waals surface area contributed by atoms with Gasteiger partial charge in [0.05, 0.1) is 12.2 Å². The molecule has 1 aliphatic rings. The minimum Gasteiger partial charge on any atom is -0.306 e. The number of carbonyl (C=O) groups is 1. The summed E-state index contributed by atoms with van der Waals surface area (Å²) in [6, 6.07) is 16.5. The Hall–Kier alpha value is -4.51. The number of rotatable bonds is 2. The lowest BCUT2D eigenvalue weighted by Crippen LogP contribution is -2.31. The van der Waals surface area contributed by atoms with Crippen molar-refractivity contribution in [1.29, 1.82) is 0 Å². The molecule has 0 aliphatic carbocycles. The zero-order chi connectivity index (χ0) is 21.0. The molecular weight excluding hydrogens is 390 g/mol. The summed E-state index contributed by atoms with van der Waals surface area (Å²) in [7, 11) is 0. The third-order valence-corrected chi connectivity index (χ3v) is 4.83. The molecule has 4 aromatic rings. The van der Waals surface area contributed by atoms with Crippen molar-refractivity contribution >= 4 is 23.6 Å². The van der Waals surface area contributed by atoms with Crippen LogP contribution in [0.15, 0.2) is 78.3 Å². The Kier molecular flexibility index (Phi) is 4.83. The topological polar surface area (TPSA) is 87.8 Å². The number of aromatic nitrogens is 4. The van der Waals surface area contributed by atoms with Crippen molar-refractivity contribution in [1.82, 2.24) is 24.6 Å². The minimum absolute atomic E-state index is 0.120. The number of amides is 2. The SMILES string of the molecule is O=C(Nc1ccnc(C#Cc2cnc3cccnn23)c1)N1N=CCC1c1ccccc1. The average molecular weight is 407 g/mol. The smallest absolute Gasteiger partial charge is 0.306 e. The van der Waals surface area contributed by atoms with Crippen LogP contribution in [-0.2, 0) is 0 Å². The molecule has 5 rings (SSSR count). The Labute approximate surface area is 178 Å². The fourth-order valence-electron chi connectivity index (χ4n) is 3.36. The quantitative estimate of drug-likeness (QED) is 0.515.